The Labute approximate surface area is 216 Å². The number of carbonyl (C=O) groups excluding carboxylic acids is 2. The number of fused-ring (bicyclic) bond motifs is 1. The van der Waals surface area contributed by atoms with Gasteiger partial charge in [-0.1, -0.05) is 68.0 Å². The molecule has 182 valence electrons. The van der Waals surface area contributed by atoms with Gasteiger partial charge in [0.25, 0.3) is 5.78 Å². The minimum absolute atomic E-state index is 0.0765. The number of aliphatic hydroxyl groups excluding tert-OH is 1. The average Bonchev–Trinajstić information content (AvgIpc) is 3.36. The van der Waals surface area contributed by atoms with Gasteiger partial charge in [0.05, 0.1) is 21.8 Å². The molecule has 1 saturated heterocycles. The summed E-state index contributed by atoms with van der Waals surface area (Å²) in [5.74, 6) is -2.48. The number of hydrogen-bond acceptors (Lipinski definition) is 5. The Morgan fingerprint density at radius 1 is 1.03 bits per heavy atom. The molecule has 1 amide bonds. The third-order valence-corrected chi connectivity index (χ3v) is 7.45. The molecule has 0 radical (unpaired) electrons. The topological polar surface area (TPSA) is 70.5 Å². The maximum atomic E-state index is 13.5. The number of Topliss-reactive ketones (excluding diaryl/α,β-unsaturated/α-hetero) is 1. The summed E-state index contributed by atoms with van der Waals surface area (Å²) in [6, 6.07) is 17.0. The highest BCUT2D eigenvalue weighted by Crippen LogP contribution is 2.44. The first-order valence-electron chi connectivity index (χ1n) is 11.3. The zero-order valence-corrected chi connectivity index (χ0v) is 21.3. The van der Waals surface area contributed by atoms with E-state index >= 15 is 0 Å². The second-order valence-electron chi connectivity index (χ2n) is 9.66. The first-order chi connectivity index (χ1) is 17.0. The molecule has 0 aliphatic carbocycles. The van der Waals surface area contributed by atoms with Crippen molar-refractivity contribution in [2.45, 2.75) is 32.2 Å². The fourth-order valence-electron chi connectivity index (χ4n) is 4.26. The van der Waals surface area contributed by atoms with Gasteiger partial charge in [0.2, 0.25) is 0 Å². The van der Waals surface area contributed by atoms with Crippen LogP contribution in [0.15, 0.2) is 72.3 Å². The lowest BCUT2D eigenvalue weighted by atomic mass is 9.85. The van der Waals surface area contributed by atoms with Crippen molar-refractivity contribution in [1.29, 1.82) is 0 Å². The van der Waals surface area contributed by atoms with Crippen LogP contribution < -0.4 is 4.90 Å². The maximum Gasteiger partial charge on any atom is 0.301 e. The van der Waals surface area contributed by atoms with Crippen LogP contribution in [-0.2, 0) is 15.0 Å². The number of amides is 1. The third kappa shape index (κ3) is 4.18. The van der Waals surface area contributed by atoms with Crippen molar-refractivity contribution in [3.8, 4) is 0 Å². The normalized spacial score (nSPS) is 17.8. The summed E-state index contributed by atoms with van der Waals surface area (Å²) >= 11 is 7.37. The molecule has 1 aromatic heterocycles. The van der Waals surface area contributed by atoms with Gasteiger partial charge in [0.1, 0.15) is 11.6 Å². The minimum Gasteiger partial charge on any atom is -0.507 e. The molecule has 1 aliphatic rings. The van der Waals surface area contributed by atoms with Gasteiger partial charge in [-0.05, 0) is 59.0 Å². The Morgan fingerprint density at radius 2 is 1.69 bits per heavy atom. The molecule has 1 unspecified atom stereocenters. The van der Waals surface area contributed by atoms with Gasteiger partial charge in [0.15, 0.2) is 5.13 Å². The third-order valence-electron chi connectivity index (χ3n) is 6.20. The molecule has 0 spiro atoms. The van der Waals surface area contributed by atoms with Gasteiger partial charge in [-0.3, -0.25) is 14.5 Å². The van der Waals surface area contributed by atoms with Crippen molar-refractivity contribution in [3.05, 3.63) is 99.8 Å². The SMILES string of the molecule is CC(C)(C)c1ccc(C2/C(=C(\O)c3ccc(F)cc3)C(=O)C(=O)N2c2nc3ccc(Cl)cc3s2)cc1. The summed E-state index contributed by atoms with van der Waals surface area (Å²) in [4.78, 5) is 32.6. The van der Waals surface area contributed by atoms with Crippen molar-refractivity contribution >= 4 is 55.7 Å². The van der Waals surface area contributed by atoms with Crippen molar-refractivity contribution in [2.24, 2.45) is 0 Å². The number of hydrogen-bond donors (Lipinski definition) is 1. The van der Waals surface area contributed by atoms with E-state index in [0.29, 0.717) is 21.2 Å². The number of nitrogens with zero attached hydrogens (tertiary/aromatic N) is 2. The number of thiazole rings is 1. The van der Waals surface area contributed by atoms with Gasteiger partial charge in [-0.25, -0.2) is 9.37 Å². The molecule has 0 saturated carbocycles. The number of carbonyl (C=O) groups is 2. The fourth-order valence-corrected chi connectivity index (χ4v) is 5.53. The molecule has 1 aliphatic heterocycles. The van der Waals surface area contributed by atoms with Crippen molar-refractivity contribution in [1.82, 2.24) is 4.98 Å². The number of anilines is 1. The second-order valence-corrected chi connectivity index (χ2v) is 11.1. The summed E-state index contributed by atoms with van der Waals surface area (Å²) in [6.07, 6.45) is 0. The van der Waals surface area contributed by atoms with E-state index in [-0.39, 0.29) is 22.3 Å². The van der Waals surface area contributed by atoms with Crippen molar-refractivity contribution < 1.29 is 19.1 Å². The molecule has 5 rings (SSSR count). The predicted octanol–water partition coefficient (Wildman–Crippen LogP) is 7.01. The largest absolute Gasteiger partial charge is 0.507 e. The smallest absolute Gasteiger partial charge is 0.301 e. The summed E-state index contributed by atoms with van der Waals surface area (Å²) in [5, 5.41) is 12.0. The summed E-state index contributed by atoms with van der Waals surface area (Å²) in [5.41, 5.74) is 2.43. The monoisotopic (exact) mass is 520 g/mol. The van der Waals surface area contributed by atoms with Gasteiger partial charge < -0.3 is 5.11 Å². The molecule has 8 heteroatoms. The Morgan fingerprint density at radius 3 is 2.33 bits per heavy atom. The molecule has 4 aromatic rings. The Balaban J connectivity index is 1.71. The molecule has 1 fully saturated rings. The van der Waals surface area contributed by atoms with E-state index in [4.69, 9.17) is 11.6 Å². The van der Waals surface area contributed by atoms with E-state index in [2.05, 4.69) is 25.8 Å². The lowest BCUT2D eigenvalue weighted by Gasteiger charge is -2.24. The first-order valence-corrected chi connectivity index (χ1v) is 12.5. The van der Waals surface area contributed by atoms with E-state index < -0.39 is 23.5 Å². The Hall–Kier alpha value is -3.55. The van der Waals surface area contributed by atoms with E-state index in [1.165, 1.54) is 40.5 Å². The van der Waals surface area contributed by atoms with E-state index in [1.807, 2.05) is 24.3 Å². The number of halogens is 2. The van der Waals surface area contributed by atoms with Gasteiger partial charge in [-0.2, -0.15) is 0 Å². The Bertz CT molecular complexity index is 1540. The standard InChI is InChI=1S/C28H22ClFN2O3S/c1-28(2,3)17-8-4-15(5-9-17)23-22(24(33)16-6-11-19(30)12-7-16)25(34)26(35)32(23)27-31-20-13-10-18(29)14-21(20)36-27/h4-14,23,33H,1-3H3/b24-22+. The number of benzene rings is 3. The molecule has 5 nitrogen and oxygen atoms in total. The number of aliphatic hydroxyl groups is 1. The molecule has 0 bridgehead atoms. The number of rotatable bonds is 3. The highest BCUT2D eigenvalue weighted by molar-refractivity contribution is 7.22. The van der Waals surface area contributed by atoms with Crippen LogP contribution in [0, 0.1) is 5.82 Å². The van der Waals surface area contributed by atoms with Gasteiger partial charge in [-0.15, -0.1) is 0 Å². The highest BCUT2D eigenvalue weighted by atomic mass is 35.5. The van der Waals surface area contributed by atoms with Crippen LogP contribution in [0.1, 0.15) is 43.5 Å². The lowest BCUT2D eigenvalue weighted by Crippen LogP contribution is -2.29. The molecule has 1 atom stereocenters. The van der Waals surface area contributed by atoms with Crippen LogP contribution in [0.2, 0.25) is 5.02 Å². The zero-order valence-electron chi connectivity index (χ0n) is 19.8. The van der Waals surface area contributed by atoms with Gasteiger partial charge in [0, 0.05) is 10.6 Å². The number of aromatic nitrogens is 1. The molecular weight excluding hydrogens is 499 g/mol. The molecule has 1 N–H and O–H groups in total. The van der Waals surface area contributed by atoms with Crippen LogP contribution >= 0.6 is 22.9 Å². The molecular formula is C28H22ClFN2O3S. The van der Waals surface area contributed by atoms with Crippen LogP contribution in [0.4, 0.5) is 9.52 Å². The lowest BCUT2D eigenvalue weighted by molar-refractivity contribution is -0.132. The quantitative estimate of drug-likeness (QED) is 0.179. The van der Waals surface area contributed by atoms with Crippen LogP contribution in [0.3, 0.4) is 0 Å². The van der Waals surface area contributed by atoms with E-state index in [1.54, 1.807) is 18.2 Å². The first kappa shape index (κ1) is 24.2. The van der Waals surface area contributed by atoms with Crippen molar-refractivity contribution in [3.63, 3.8) is 0 Å². The maximum absolute atomic E-state index is 13.5. The summed E-state index contributed by atoms with van der Waals surface area (Å²) in [6.45, 7) is 6.28. The molecule has 36 heavy (non-hydrogen) atoms. The van der Waals surface area contributed by atoms with Gasteiger partial charge >= 0.3 is 5.91 Å². The summed E-state index contributed by atoms with van der Waals surface area (Å²) in [7, 11) is 0. The van der Waals surface area contributed by atoms with Crippen LogP contribution in [-0.4, -0.2) is 21.8 Å². The van der Waals surface area contributed by atoms with Crippen molar-refractivity contribution in [2.75, 3.05) is 4.90 Å². The van der Waals surface area contributed by atoms with E-state index in [0.717, 1.165) is 10.3 Å². The summed E-state index contributed by atoms with van der Waals surface area (Å²) < 4.78 is 14.3. The van der Waals surface area contributed by atoms with Crippen LogP contribution in [0.5, 0.6) is 0 Å². The molecule has 3 aromatic carbocycles. The van der Waals surface area contributed by atoms with E-state index in [9.17, 15) is 19.1 Å². The fraction of sp³-hybridized carbons (Fsp3) is 0.179. The zero-order chi connectivity index (χ0) is 25.8. The van der Waals surface area contributed by atoms with Crippen LogP contribution in [0.25, 0.3) is 16.0 Å². The number of ketones is 1. The second kappa shape index (κ2) is 8.84. The highest BCUT2D eigenvalue weighted by Gasteiger charge is 2.48. The molecule has 2 heterocycles. The average molecular weight is 521 g/mol. The Kier molecular flexibility index (Phi) is 5.93. The minimum atomic E-state index is -0.917. The predicted molar refractivity (Wildman–Crippen MR) is 141 cm³/mol.